The number of benzene rings is 2. The molecule has 0 unspecified atom stereocenters. The van der Waals surface area contributed by atoms with Crippen molar-refractivity contribution in [3.8, 4) is 11.5 Å². The lowest BCUT2D eigenvalue weighted by Gasteiger charge is -2.13. The summed E-state index contributed by atoms with van der Waals surface area (Å²) < 4.78 is 12.4. The van der Waals surface area contributed by atoms with Crippen LogP contribution < -0.4 is 20.3 Å². The van der Waals surface area contributed by atoms with Gasteiger partial charge in [-0.25, -0.2) is 4.68 Å². The highest BCUT2D eigenvalue weighted by atomic mass is 16.5. The second kappa shape index (κ2) is 9.54. The second-order valence-corrected chi connectivity index (χ2v) is 6.18. The third-order valence-corrected chi connectivity index (χ3v) is 4.08. The van der Waals surface area contributed by atoms with E-state index in [2.05, 4.69) is 10.4 Å². The summed E-state index contributed by atoms with van der Waals surface area (Å²) in [5.74, 6) is 0.745. The smallest absolute Gasteiger partial charge is 0.276 e. The van der Waals surface area contributed by atoms with Gasteiger partial charge in [-0.05, 0) is 37.6 Å². The number of hydrogen-bond donors (Lipinski definition) is 1. The zero-order valence-electron chi connectivity index (χ0n) is 16.4. The summed E-state index contributed by atoms with van der Waals surface area (Å²) in [6, 6.07) is 17.4. The Labute approximate surface area is 168 Å². The van der Waals surface area contributed by atoms with Gasteiger partial charge in [0.25, 0.3) is 11.5 Å². The molecule has 0 atom stereocenters. The molecule has 0 fully saturated rings. The van der Waals surface area contributed by atoms with Gasteiger partial charge in [0.15, 0.2) is 11.5 Å². The molecule has 7 nitrogen and oxygen atoms in total. The molecule has 1 amide bonds. The van der Waals surface area contributed by atoms with E-state index in [4.69, 9.17) is 9.47 Å². The van der Waals surface area contributed by atoms with Crippen LogP contribution in [0.5, 0.6) is 11.5 Å². The molecule has 2 aromatic carbocycles. The molecule has 1 heterocycles. The molecule has 0 spiro atoms. The Bertz CT molecular complexity index is 1030. The van der Waals surface area contributed by atoms with Crippen LogP contribution in [-0.4, -0.2) is 28.9 Å². The van der Waals surface area contributed by atoms with E-state index in [1.54, 1.807) is 18.2 Å². The summed E-state index contributed by atoms with van der Waals surface area (Å²) in [6.45, 7) is 5.04. The van der Waals surface area contributed by atoms with Gasteiger partial charge in [-0.1, -0.05) is 30.3 Å². The monoisotopic (exact) mass is 393 g/mol. The standard InChI is InChI=1S/C22H23N3O4/c1-3-28-19-12-10-17(14-20(19)29-4-2)23-22(27)18-11-13-21(26)25(24-18)15-16-8-6-5-7-9-16/h5-14H,3-4,15H2,1-2H3,(H,23,27). The molecule has 1 aromatic heterocycles. The summed E-state index contributed by atoms with van der Waals surface area (Å²) >= 11 is 0. The van der Waals surface area contributed by atoms with Gasteiger partial charge in [-0.3, -0.25) is 9.59 Å². The molecule has 0 saturated heterocycles. The lowest BCUT2D eigenvalue weighted by Crippen LogP contribution is -2.26. The lowest BCUT2D eigenvalue weighted by atomic mass is 10.2. The van der Waals surface area contributed by atoms with Gasteiger partial charge < -0.3 is 14.8 Å². The number of carbonyl (C=O) groups excluding carboxylic acids is 1. The normalized spacial score (nSPS) is 10.4. The summed E-state index contributed by atoms with van der Waals surface area (Å²) in [4.78, 5) is 24.8. The highest BCUT2D eigenvalue weighted by molar-refractivity contribution is 6.02. The maximum Gasteiger partial charge on any atom is 0.276 e. The average molecular weight is 393 g/mol. The summed E-state index contributed by atoms with van der Waals surface area (Å²) in [5.41, 5.74) is 1.34. The first-order valence-corrected chi connectivity index (χ1v) is 9.43. The number of nitrogens with zero attached hydrogens (tertiary/aromatic N) is 2. The van der Waals surface area contributed by atoms with Crippen molar-refractivity contribution < 1.29 is 14.3 Å². The van der Waals surface area contributed by atoms with E-state index in [9.17, 15) is 9.59 Å². The maximum absolute atomic E-state index is 12.6. The van der Waals surface area contributed by atoms with Gasteiger partial charge in [-0.2, -0.15) is 5.10 Å². The number of nitrogens with one attached hydrogen (secondary N) is 1. The summed E-state index contributed by atoms with van der Waals surface area (Å²) in [5, 5.41) is 6.99. The Morgan fingerprint density at radius 3 is 2.41 bits per heavy atom. The predicted octanol–water partition coefficient (Wildman–Crippen LogP) is 3.34. The number of carbonyl (C=O) groups is 1. The van der Waals surface area contributed by atoms with E-state index in [1.165, 1.54) is 16.8 Å². The second-order valence-electron chi connectivity index (χ2n) is 6.18. The van der Waals surface area contributed by atoms with Gasteiger partial charge in [0.05, 0.1) is 19.8 Å². The van der Waals surface area contributed by atoms with E-state index in [1.807, 2.05) is 44.2 Å². The molecule has 0 bridgehead atoms. The molecular weight excluding hydrogens is 370 g/mol. The quantitative estimate of drug-likeness (QED) is 0.635. The zero-order chi connectivity index (χ0) is 20.6. The molecule has 1 N–H and O–H groups in total. The van der Waals surface area contributed by atoms with Crippen molar-refractivity contribution in [1.82, 2.24) is 9.78 Å². The molecule has 0 aliphatic heterocycles. The van der Waals surface area contributed by atoms with Crippen molar-refractivity contribution in [3.05, 3.63) is 82.3 Å². The van der Waals surface area contributed by atoms with E-state index in [0.717, 1.165) is 5.56 Å². The van der Waals surface area contributed by atoms with Gasteiger partial charge >= 0.3 is 0 Å². The molecule has 0 radical (unpaired) electrons. The minimum Gasteiger partial charge on any atom is -0.490 e. The fraction of sp³-hybridized carbons (Fsp3) is 0.227. The SMILES string of the molecule is CCOc1ccc(NC(=O)c2ccc(=O)n(Cc3ccccc3)n2)cc1OCC. The van der Waals surface area contributed by atoms with Crippen molar-refractivity contribution in [2.75, 3.05) is 18.5 Å². The maximum atomic E-state index is 12.6. The van der Waals surface area contributed by atoms with Crippen LogP contribution in [0.25, 0.3) is 0 Å². The van der Waals surface area contributed by atoms with E-state index in [-0.39, 0.29) is 11.3 Å². The van der Waals surface area contributed by atoms with Gasteiger partial charge in [0, 0.05) is 17.8 Å². The highest BCUT2D eigenvalue weighted by Gasteiger charge is 2.13. The van der Waals surface area contributed by atoms with Crippen molar-refractivity contribution in [2.45, 2.75) is 20.4 Å². The molecule has 0 aliphatic rings. The Hall–Kier alpha value is -3.61. The first-order valence-electron chi connectivity index (χ1n) is 9.43. The van der Waals surface area contributed by atoms with E-state index < -0.39 is 5.91 Å². The van der Waals surface area contributed by atoms with Crippen molar-refractivity contribution in [3.63, 3.8) is 0 Å². The first kappa shape index (κ1) is 20.1. The fourth-order valence-corrected chi connectivity index (χ4v) is 2.76. The Kier molecular flexibility index (Phi) is 6.63. The van der Waals surface area contributed by atoms with Crippen LogP contribution in [0.4, 0.5) is 5.69 Å². The summed E-state index contributed by atoms with van der Waals surface area (Å²) in [7, 11) is 0. The number of ether oxygens (including phenoxy) is 2. The average Bonchev–Trinajstić information content (AvgIpc) is 2.72. The van der Waals surface area contributed by atoms with Crippen LogP contribution in [0.3, 0.4) is 0 Å². The van der Waals surface area contributed by atoms with Crippen LogP contribution in [0.15, 0.2) is 65.5 Å². The predicted molar refractivity (Wildman–Crippen MR) is 111 cm³/mol. The van der Waals surface area contributed by atoms with Gasteiger partial charge in [0.2, 0.25) is 0 Å². The molecule has 3 rings (SSSR count). The number of anilines is 1. The molecular formula is C22H23N3O4. The summed E-state index contributed by atoms with van der Waals surface area (Å²) in [6.07, 6.45) is 0. The molecule has 7 heteroatoms. The number of amides is 1. The van der Waals surface area contributed by atoms with E-state index in [0.29, 0.717) is 36.9 Å². The third kappa shape index (κ3) is 5.22. The Balaban J connectivity index is 1.79. The third-order valence-electron chi connectivity index (χ3n) is 4.08. The first-order chi connectivity index (χ1) is 14.1. The van der Waals surface area contributed by atoms with Crippen LogP contribution in [0, 0.1) is 0 Å². The topological polar surface area (TPSA) is 82.5 Å². The zero-order valence-corrected chi connectivity index (χ0v) is 16.4. The minimum absolute atomic E-state index is 0.146. The highest BCUT2D eigenvalue weighted by Crippen LogP contribution is 2.30. The Morgan fingerprint density at radius 1 is 0.966 bits per heavy atom. The lowest BCUT2D eigenvalue weighted by molar-refractivity contribution is 0.102. The largest absolute Gasteiger partial charge is 0.490 e. The molecule has 29 heavy (non-hydrogen) atoms. The number of aromatic nitrogens is 2. The van der Waals surface area contributed by atoms with Gasteiger partial charge in [0.1, 0.15) is 5.69 Å². The fourth-order valence-electron chi connectivity index (χ4n) is 2.76. The number of hydrogen-bond acceptors (Lipinski definition) is 5. The van der Waals surface area contributed by atoms with Crippen molar-refractivity contribution in [1.29, 1.82) is 0 Å². The van der Waals surface area contributed by atoms with Crippen LogP contribution in [0.1, 0.15) is 29.9 Å². The van der Waals surface area contributed by atoms with Crippen LogP contribution in [-0.2, 0) is 6.54 Å². The van der Waals surface area contributed by atoms with Gasteiger partial charge in [-0.15, -0.1) is 0 Å². The van der Waals surface area contributed by atoms with Crippen LogP contribution in [0.2, 0.25) is 0 Å². The van der Waals surface area contributed by atoms with Crippen LogP contribution >= 0.6 is 0 Å². The number of rotatable bonds is 8. The Morgan fingerprint density at radius 2 is 1.69 bits per heavy atom. The van der Waals surface area contributed by atoms with Crippen molar-refractivity contribution >= 4 is 11.6 Å². The molecule has 150 valence electrons. The molecule has 0 aliphatic carbocycles. The van der Waals surface area contributed by atoms with Crippen molar-refractivity contribution in [2.24, 2.45) is 0 Å². The molecule has 3 aromatic rings. The minimum atomic E-state index is -0.418. The van der Waals surface area contributed by atoms with E-state index >= 15 is 0 Å². The molecule has 0 saturated carbocycles.